The second-order valence-corrected chi connectivity index (χ2v) is 7.34. The van der Waals surface area contributed by atoms with Crippen LogP contribution in [0.15, 0.2) is 28.8 Å². The summed E-state index contributed by atoms with van der Waals surface area (Å²) in [5, 5.41) is 4.21. The molecule has 2 fully saturated rings. The molecule has 0 bridgehead atoms. The number of nitrogens with zero attached hydrogens (tertiary/aromatic N) is 3. The summed E-state index contributed by atoms with van der Waals surface area (Å²) in [6.45, 7) is 4.95. The topological polar surface area (TPSA) is 68.5 Å². The molecule has 0 N–H and O–H groups in total. The lowest BCUT2D eigenvalue weighted by atomic mass is 9.96. The smallest absolute Gasteiger partial charge is 0.253 e. The summed E-state index contributed by atoms with van der Waals surface area (Å²) >= 11 is 0. The number of amides is 1. The molecule has 0 spiro atoms. The molecule has 0 aliphatic carbocycles. The van der Waals surface area contributed by atoms with E-state index in [2.05, 4.69) is 10.1 Å². The van der Waals surface area contributed by atoms with E-state index in [1.165, 1.54) is 0 Å². The second-order valence-electron chi connectivity index (χ2n) is 7.34. The Balaban J connectivity index is 1.45. The molecule has 4 rings (SSSR count). The van der Waals surface area contributed by atoms with Crippen molar-refractivity contribution in [1.82, 2.24) is 15.0 Å². The van der Waals surface area contributed by atoms with Gasteiger partial charge in [0.15, 0.2) is 5.82 Å². The van der Waals surface area contributed by atoms with E-state index >= 15 is 0 Å². The molecule has 1 unspecified atom stereocenters. The highest BCUT2D eigenvalue weighted by molar-refractivity contribution is 5.94. The molecule has 0 saturated carbocycles. The lowest BCUT2D eigenvalue weighted by Crippen LogP contribution is -2.39. The maximum atomic E-state index is 12.8. The van der Waals surface area contributed by atoms with Crippen molar-refractivity contribution < 1.29 is 14.1 Å². The van der Waals surface area contributed by atoms with Crippen LogP contribution in [0.2, 0.25) is 0 Å². The van der Waals surface area contributed by atoms with Crippen LogP contribution in [0.1, 0.15) is 65.2 Å². The van der Waals surface area contributed by atoms with Crippen LogP contribution in [0.3, 0.4) is 0 Å². The lowest BCUT2D eigenvalue weighted by Gasteiger charge is -2.31. The number of aromatic nitrogens is 2. The molecule has 1 aromatic carbocycles. The molecular weight excluding hydrogens is 330 g/mol. The first-order valence-electron chi connectivity index (χ1n) is 9.48. The van der Waals surface area contributed by atoms with E-state index < -0.39 is 0 Å². The fourth-order valence-electron chi connectivity index (χ4n) is 3.86. The van der Waals surface area contributed by atoms with Crippen LogP contribution >= 0.6 is 0 Å². The Hall–Kier alpha value is -2.21. The third kappa shape index (κ3) is 3.65. The zero-order chi connectivity index (χ0) is 17.9. The highest BCUT2D eigenvalue weighted by Gasteiger charge is 2.30. The van der Waals surface area contributed by atoms with Crippen molar-refractivity contribution in [2.45, 2.75) is 44.4 Å². The molecule has 1 aromatic heterocycles. The SMILES string of the molecule is Cc1cccc(C(=O)N2CCCC(c3nc(C4CCOCC4)no3)C2)c1. The molecule has 2 aliphatic rings. The van der Waals surface area contributed by atoms with Gasteiger partial charge >= 0.3 is 0 Å². The molecule has 1 atom stereocenters. The van der Waals surface area contributed by atoms with Gasteiger partial charge in [-0.3, -0.25) is 4.79 Å². The van der Waals surface area contributed by atoms with Gasteiger partial charge in [0.25, 0.3) is 5.91 Å². The average Bonchev–Trinajstić information content (AvgIpc) is 3.18. The van der Waals surface area contributed by atoms with Crippen molar-refractivity contribution in [3.63, 3.8) is 0 Å². The Labute approximate surface area is 153 Å². The number of likely N-dealkylation sites (tertiary alicyclic amines) is 1. The summed E-state index contributed by atoms with van der Waals surface area (Å²) in [4.78, 5) is 19.4. The van der Waals surface area contributed by atoms with Crippen molar-refractivity contribution >= 4 is 5.91 Å². The van der Waals surface area contributed by atoms with Gasteiger partial charge in [-0.1, -0.05) is 22.9 Å². The Morgan fingerprint density at radius 2 is 2.04 bits per heavy atom. The summed E-state index contributed by atoms with van der Waals surface area (Å²) in [6.07, 6.45) is 3.83. The minimum atomic E-state index is 0.0857. The Morgan fingerprint density at radius 3 is 2.85 bits per heavy atom. The maximum Gasteiger partial charge on any atom is 0.253 e. The molecule has 2 aromatic rings. The zero-order valence-electron chi connectivity index (χ0n) is 15.2. The first-order chi connectivity index (χ1) is 12.7. The summed E-state index contributed by atoms with van der Waals surface area (Å²) in [5.41, 5.74) is 1.85. The fourth-order valence-corrected chi connectivity index (χ4v) is 3.86. The van der Waals surface area contributed by atoms with Crippen LogP contribution in [-0.2, 0) is 4.74 Å². The van der Waals surface area contributed by atoms with E-state index in [0.717, 1.165) is 62.4 Å². The molecule has 138 valence electrons. The maximum absolute atomic E-state index is 12.8. The van der Waals surface area contributed by atoms with Crippen molar-refractivity contribution in [3.05, 3.63) is 47.1 Å². The second kappa shape index (κ2) is 7.58. The van der Waals surface area contributed by atoms with Gasteiger partial charge in [-0.25, -0.2) is 0 Å². The molecule has 6 heteroatoms. The van der Waals surface area contributed by atoms with Gasteiger partial charge in [0.1, 0.15) is 0 Å². The summed E-state index contributed by atoms with van der Waals surface area (Å²) < 4.78 is 11.0. The van der Waals surface area contributed by atoms with Gasteiger partial charge in [0, 0.05) is 37.8 Å². The molecule has 1 amide bonds. The van der Waals surface area contributed by atoms with Gasteiger partial charge in [0.2, 0.25) is 5.89 Å². The van der Waals surface area contributed by atoms with E-state index in [4.69, 9.17) is 9.26 Å². The van der Waals surface area contributed by atoms with Crippen molar-refractivity contribution in [3.8, 4) is 0 Å². The van der Waals surface area contributed by atoms with E-state index in [1.54, 1.807) is 0 Å². The summed E-state index contributed by atoms with van der Waals surface area (Å²) in [6, 6.07) is 7.77. The molecular formula is C20H25N3O3. The number of carbonyl (C=O) groups is 1. The molecule has 26 heavy (non-hydrogen) atoms. The number of hydrogen-bond acceptors (Lipinski definition) is 5. The van der Waals surface area contributed by atoms with Crippen molar-refractivity contribution in [2.24, 2.45) is 0 Å². The van der Waals surface area contributed by atoms with E-state index in [1.807, 2.05) is 36.1 Å². The van der Waals surface area contributed by atoms with E-state index in [-0.39, 0.29) is 11.8 Å². The van der Waals surface area contributed by atoms with Gasteiger partial charge in [-0.15, -0.1) is 0 Å². The Morgan fingerprint density at radius 1 is 1.19 bits per heavy atom. The lowest BCUT2D eigenvalue weighted by molar-refractivity contribution is 0.0695. The van der Waals surface area contributed by atoms with Gasteiger partial charge in [-0.05, 0) is 44.7 Å². The quantitative estimate of drug-likeness (QED) is 0.845. The van der Waals surface area contributed by atoms with Crippen molar-refractivity contribution in [1.29, 1.82) is 0 Å². The molecule has 0 radical (unpaired) electrons. The third-order valence-electron chi connectivity index (χ3n) is 5.37. The Bertz CT molecular complexity index is 767. The summed E-state index contributed by atoms with van der Waals surface area (Å²) in [5.74, 6) is 2.01. The Kier molecular flexibility index (Phi) is 5.02. The number of hydrogen-bond donors (Lipinski definition) is 0. The number of rotatable bonds is 3. The number of benzene rings is 1. The molecule has 2 aliphatic heterocycles. The van der Waals surface area contributed by atoms with Gasteiger partial charge in [0.05, 0.1) is 5.92 Å². The minimum absolute atomic E-state index is 0.0857. The van der Waals surface area contributed by atoms with Gasteiger partial charge < -0.3 is 14.2 Å². The number of carbonyl (C=O) groups excluding carboxylic acids is 1. The highest BCUT2D eigenvalue weighted by atomic mass is 16.5. The predicted molar refractivity (Wildman–Crippen MR) is 96.1 cm³/mol. The number of piperidine rings is 1. The fraction of sp³-hybridized carbons (Fsp3) is 0.550. The first-order valence-corrected chi connectivity index (χ1v) is 9.48. The normalized spacial score (nSPS) is 21.7. The van der Waals surface area contributed by atoms with E-state index in [9.17, 15) is 4.79 Å². The van der Waals surface area contributed by atoms with Crippen LogP contribution in [0.4, 0.5) is 0 Å². The number of aryl methyl sites for hydroxylation is 1. The first kappa shape index (κ1) is 17.2. The monoisotopic (exact) mass is 355 g/mol. The molecule has 6 nitrogen and oxygen atoms in total. The highest BCUT2D eigenvalue weighted by Crippen LogP contribution is 2.30. The molecule has 3 heterocycles. The van der Waals surface area contributed by atoms with Crippen LogP contribution < -0.4 is 0 Å². The zero-order valence-corrected chi connectivity index (χ0v) is 15.2. The van der Waals surface area contributed by atoms with E-state index in [0.29, 0.717) is 18.4 Å². The minimum Gasteiger partial charge on any atom is -0.381 e. The standard InChI is InChI=1S/C20H25N3O3/c1-14-4-2-5-16(12-14)20(24)23-9-3-6-17(13-23)19-21-18(22-26-19)15-7-10-25-11-8-15/h2,4-5,12,15,17H,3,6-11,13H2,1H3. The van der Waals surface area contributed by atoms with Crippen LogP contribution in [0, 0.1) is 6.92 Å². The largest absolute Gasteiger partial charge is 0.381 e. The third-order valence-corrected chi connectivity index (χ3v) is 5.37. The van der Waals surface area contributed by atoms with Gasteiger partial charge in [-0.2, -0.15) is 4.98 Å². The van der Waals surface area contributed by atoms with Crippen molar-refractivity contribution in [2.75, 3.05) is 26.3 Å². The summed E-state index contributed by atoms with van der Waals surface area (Å²) in [7, 11) is 0. The molecule has 2 saturated heterocycles. The predicted octanol–water partition coefficient (Wildman–Crippen LogP) is 3.29. The van der Waals surface area contributed by atoms with Crippen LogP contribution in [-0.4, -0.2) is 47.3 Å². The number of ether oxygens (including phenoxy) is 1. The van der Waals surface area contributed by atoms with Crippen LogP contribution in [0.25, 0.3) is 0 Å². The average molecular weight is 355 g/mol. The van der Waals surface area contributed by atoms with Crippen LogP contribution in [0.5, 0.6) is 0 Å².